The van der Waals surface area contributed by atoms with Crippen molar-refractivity contribution in [2.24, 2.45) is 0 Å². The highest BCUT2D eigenvalue weighted by Crippen LogP contribution is 2.34. The van der Waals surface area contributed by atoms with Crippen LogP contribution in [-0.2, 0) is 12.7 Å². The van der Waals surface area contributed by atoms with Crippen molar-refractivity contribution < 1.29 is 17.9 Å². The number of thiazole rings is 1. The Balaban J connectivity index is 1.57. The van der Waals surface area contributed by atoms with Crippen LogP contribution in [-0.4, -0.2) is 24.7 Å². The van der Waals surface area contributed by atoms with Gasteiger partial charge in [0.25, 0.3) is 0 Å². The Kier molecular flexibility index (Phi) is 6.10. The maximum Gasteiger partial charge on any atom is 0.416 e. The van der Waals surface area contributed by atoms with E-state index in [1.807, 2.05) is 26.0 Å². The standard InChI is InChI=1S/C20H22F3N3OS/c1-12-6-14(8-16(7-12)27-3)11-24-10-13(2)25-19-26-17-5-4-15(20(21,22)23)9-18(17)28-19/h4-9,13,24H,10-11H2,1-3H3,(H,25,26)/t13-/m1/s1. The van der Waals surface area contributed by atoms with Crippen molar-refractivity contribution in [2.45, 2.75) is 32.6 Å². The van der Waals surface area contributed by atoms with E-state index >= 15 is 0 Å². The molecule has 0 amide bonds. The van der Waals surface area contributed by atoms with Gasteiger partial charge < -0.3 is 15.4 Å². The molecule has 28 heavy (non-hydrogen) atoms. The third kappa shape index (κ3) is 5.14. The van der Waals surface area contributed by atoms with E-state index in [1.54, 1.807) is 7.11 Å². The van der Waals surface area contributed by atoms with Gasteiger partial charge in [-0.15, -0.1) is 0 Å². The molecule has 0 fully saturated rings. The molecule has 0 radical (unpaired) electrons. The fourth-order valence-corrected chi connectivity index (χ4v) is 3.92. The lowest BCUT2D eigenvalue weighted by Gasteiger charge is -2.14. The first kappa shape index (κ1) is 20.4. The highest BCUT2D eigenvalue weighted by atomic mass is 32.1. The average Bonchev–Trinajstić information content (AvgIpc) is 3.01. The maximum atomic E-state index is 12.8. The number of ether oxygens (including phenoxy) is 1. The molecule has 0 saturated heterocycles. The van der Waals surface area contributed by atoms with Crippen molar-refractivity contribution in [2.75, 3.05) is 19.0 Å². The van der Waals surface area contributed by atoms with Crippen molar-refractivity contribution in [3.05, 3.63) is 53.1 Å². The number of hydrogen-bond acceptors (Lipinski definition) is 5. The monoisotopic (exact) mass is 409 g/mol. The van der Waals surface area contributed by atoms with Crippen LogP contribution in [0.1, 0.15) is 23.6 Å². The van der Waals surface area contributed by atoms with Gasteiger partial charge in [-0.1, -0.05) is 17.4 Å². The Labute approximate surface area is 165 Å². The van der Waals surface area contributed by atoms with Gasteiger partial charge in [-0.25, -0.2) is 4.98 Å². The van der Waals surface area contributed by atoms with Crippen LogP contribution in [0, 0.1) is 6.92 Å². The minimum absolute atomic E-state index is 0.0642. The van der Waals surface area contributed by atoms with E-state index < -0.39 is 11.7 Å². The molecule has 0 saturated carbocycles. The number of aryl methyl sites for hydroxylation is 1. The zero-order valence-electron chi connectivity index (χ0n) is 15.9. The number of nitrogens with zero attached hydrogens (tertiary/aromatic N) is 1. The fourth-order valence-electron chi connectivity index (χ4n) is 2.90. The molecule has 0 bridgehead atoms. The zero-order chi connectivity index (χ0) is 20.3. The summed E-state index contributed by atoms with van der Waals surface area (Å²) in [7, 11) is 1.65. The van der Waals surface area contributed by atoms with E-state index in [-0.39, 0.29) is 6.04 Å². The normalized spacial score (nSPS) is 12.9. The topological polar surface area (TPSA) is 46.2 Å². The van der Waals surface area contributed by atoms with Gasteiger partial charge in [0.15, 0.2) is 5.13 Å². The second-order valence-corrected chi connectivity index (χ2v) is 7.76. The average molecular weight is 409 g/mol. The summed E-state index contributed by atoms with van der Waals surface area (Å²) in [5.41, 5.74) is 2.17. The number of benzene rings is 2. The number of anilines is 1. The summed E-state index contributed by atoms with van der Waals surface area (Å²) in [6, 6.07) is 9.75. The van der Waals surface area contributed by atoms with E-state index in [2.05, 4.69) is 21.7 Å². The molecule has 4 nitrogen and oxygen atoms in total. The number of rotatable bonds is 7. The number of alkyl halides is 3. The number of methoxy groups -OCH3 is 1. The first-order chi connectivity index (χ1) is 13.2. The SMILES string of the molecule is COc1cc(C)cc(CNC[C@@H](C)Nc2nc3ccc(C(F)(F)F)cc3s2)c1. The van der Waals surface area contributed by atoms with Gasteiger partial charge in [0.1, 0.15) is 5.75 Å². The van der Waals surface area contributed by atoms with Gasteiger partial charge in [0, 0.05) is 19.1 Å². The highest BCUT2D eigenvalue weighted by Gasteiger charge is 2.30. The van der Waals surface area contributed by atoms with Gasteiger partial charge >= 0.3 is 6.18 Å². The largest absolute Gasteiger partial charge is 0.497 e. The molecular formula is C20H22F3N3OS. The lowest BCUT2D eigenvalue weighted by Crippen LogP contribution is -2.30. The van der Waals surface area contributed by atoms with Crippen LogP contribution in [0.2, 0.25) is 0 Å². The van der Waals surface area contributed by atoms with Crippen molar-refractivity contribution in [3.8, 4) is 5.75 Å². The predicted octanol–water partition coefficient (Wildman–Crippen LogP) is 5.22. The Morgan fingerprint density at radius 3 is 2.68 bits per heavy atom. The van der Waals surface area contributed by atoms with Crippen LogP contribution in [0.15, 0.2) is 36.4 Å². The number of nitrogens with one attached hydrogen (secondary N) is 2. The Hall–Kier alpha value is -2.32. The quantitative estimate of drug-likeness (QED) is 0.562. The smallest absolute Gasteiger partial charge is 0.416 e. The lowest BCUT2D eigenvalue weighted by atomic mass is 10.1. The van der Waals surface area contributed by atoms with Crippen LogP contribution in [0.25, 0.3) is 10.2 Å². The summed E-state index contributed by atoms with van der Waals surface area (Å²) >= 11 is 1.23. The Morgan fingerprint density at radius 1 is 1.18 bits per heavy atom. The number of hydrogen-bond donors (Lipinski definition) is 2. The van der Waals surface area contributed by atoms with Gasteiger partial charge in [-0.3, -0.25) is 0 Å². The number of aromatic nitrogens is 1. The minimum atomic E-state index is -4.35. The number of fused-ring (bicyclic) bond motifs is 1. The molecule has 0 unspecified atom stereocenters. The van der Waals surface area contributed by atoms with Crippen LogP contribution in [0.5, 0.6) is 5.75 Å². The lowest BCUT2D eigenvalue weighted by molar-refractivity contribution is -0.137. The molecule has 3 aromatic rings. The summed E-state index contributed by atoms with van der Waals surface area (Å²) in [6.07, 6.45) is -4.35. The molecule has 0 aliphatic rings. The molecule has 150 valence electrons. The molecular weight excluding hydrogens is 387 g/mol. The predicted molar refractivity (Wildman–Crippen MR) is 107 cm³/mol. The van der Waals surface area contributed by atoms with E-state index in [0.717, 1.165) is 29.0 Å². The Morgan fingerprint density at radius 2 is 1.96 bits per heavy atom. The first-order valence-corrected chi connectivity index (χ1v) is 9.66. The Bertz CT molecular complexity index is 956. The van der Waals surface area contributed by atoms with Crippen molar-refractivity contribution in [3.63, 3.8) is 0 Å². The van der Waals surface area contributed by atoms with E-state index in [9.17, 15) is 13.2 Å². The maximum absolute atomic E-state index is 12.8. The summed E-state index contributed by atoms with van der Waals surface area (Å²) in [5.74, 6) is 0.829. The first-order valence-electron chi connectivity index (χ1n) is 8.84. The molecule has 0 aliphatic carbocycles. The van der Waals surface area contributed by atoms with Gasteiger partial charge in [0.05, 0.1) is 22.9 Å². The molecule has 1 atom stereocenters. The molecule has 2 N–H and O–H groups in total. The highest BCUT2D eigenvalue weighted by molar-refractivity contribution is 7.22. The van der Waals surface area contributed by atoms with Crippen molar-refractivity contribution in [1.82, 2.24) is 10.3 Å². The zero-order valence-corrected chi connectivity index (χ0v) is 16.7. The molecule has 0 aliphatic heterocycles. The van der Waals surface area contributed by atoms with Crippen LogP contribution < -0.4 is 15.4 Å². The third-order valence-corrected chi connectivity index (χ3v) is 5.16. The van der Waals surface area contributed by atoms with Crippen LogP contribution >= 0.6 is 11.3 Å². The van der Waals surface area contributed by atoms with Crippen LogP contribution in [0.3, 0.4) is 0 Å². The van der Waals surface area contributed by atoms with E-state index in [0.29, 0.717) is 28.4 Å². The molecule has 8 heteroatoms. The molecule has 3 rings (SSSR count). The number of halogens is 3. The summed E-state index contributed by atoms with van der Waals surface area (Å²) in [5, 5.41) is 7.23. The molecule has 2 aromatic carbocycles. The summed E-state index contributed by atoms with van der Waals surface area (Å²) in [6.45, 7) is 5.39. The summed E-state index contributed by atoms with van der Waals surface area (Å²) < 4.78 is 44.3. The fraction of sp³-hybridized carbons (Fsp3) is 0.350. The van der Waals surface area contributed by atoms with Crippen LogP contribution in [0.4, 0.5) is 18.3 Å². The molecule has 1 aromatic heterocycles. The summed E-state index contributed by atoms with van der Waals surface area (Å²) in [4.78, 5) is 4.37. The van der Waals surface area contributed by atoms with Gasteiger partial charge in [-0.2, -0.15) is 13.2 Å². The molecule has 1 heterocycles. The van der Waals surface area contributed by atoms with E-state index in [4.69, 9.17) is 4.74 Å². The third-order valence-electron chi connectivity index (χ3n) is 4.21. The molecule has 0 spiro atoms. The minimum Gasteiger partial charge on any atom is -0.497 e. The van der Waals surface area contributed by atoms with Gasteiger partial charge in [0.2, 0.25) is 0 Å². The van der Waals surface area contributed by atoms with Gasteiger partial charge in [-0.05, 0) is 55.3 Å². The second kappa shape index (κ2) is 8.36. The second-order valence-electron chi connectivity index (χ2n) is 6.73. The van der Waals surface area contributed by atoms with Crippen molar-refractivity contribution in [1.29, 1.82) is 0 Å². The van der Waals surface area contributed by atoms with Crippen molar-refractivity contribution >= 4 is 26.7 Å². The van der Waals surface area contributed by atoms with E-state index in [1.165, 1.54) is 17.4 Å².